The van der Waals surface area contributed by atoms with Gasteiger partial charge in [0.15, 0.2) is 5.69 Å². The third-order valence-electron chi connectivity index (χ3n) is 6.15. The Labute approximate surface area is 237 Å². The van der Waals surface area contributed by atoms with Crippen LogP contribution in [0.4, 0.5) is 35.5 Å². The predicted molar refractivity (Wildman–Crippen MR) is 134 cm³/mol. The molecule has 4 rings (SSSR count). The Morgan fingerprint density at radius 2 is 1.71 bits per heavy atom. The highest BCUT2D eigenvalue weighted by atomic mass is 35.5. The number of aromatic nitrogens is 2. The molecule has 0 aliphatic carbocycles. The van der Waals surface area contributed by atoms with E-state index in [1.54, 1.807) is 23.2 Å². The van der Waals surface area contributed by atoms with Gasteiger partial charge < -0.3 is 19.9 Å². The second-order valence-electron chi connectivity index (χ2n) is 8.97. The zero-order valence-corrected chi connectivity index (χ0v) is 22.1. The summed E-state index contributed by atoms with van der Waals surface area (Å²) in [5.41, 5.74) is -6.74. The maximum Gasteiger partial charge on any atom is 0.433 e. The quantitative estimate of drug-likeness (QED) is 0.310. The molecule has 1 saturated heterocycles. The van der Waals surface area contributed by atoms with Gasteiger partial charge in [0.25, 0.3) is 5.56 Å². The summed E-state index contributed by atoms with van der Waals surface area (Å²) in [6, 6.07) is 5.35. The number of hydrogen-bond donors (Lipinski definition) is 2. The van der Waals surface area contributed by atoms with Crippen LogP contribution in [0.25, 0.3) is 11.4 Å². The SMILES string of the molecule is O=C(NCc1ccc(C(F)(F)F)c(-c2nc(C(F)(F)F)cc(=O)[nH]2)c1F)N1CCC(Oc2ccc(Cl)c(Cl)c2)CC1. The predicted octanol–water partition coefficient (Wildman–Crippen LogP) is 6.67. The number of hydrogen-bond acceptors (Lipinski definition) is 4. The van der Waals surface area contributed by atoms with Crippen molar-refractivity contribution >= 4 is 29.2 Å². The first-order valence-electron chi connectivity index (χ1n) is 11.9. The summed E-state index contributed by atoms with van der Waals surface area (Å²) in [6.07, 6.45) is -9.76. The molecule has 1 fully saturated rings. The molecule has 3 aromatic rings. The molecule has 0 bridgehead atoms. The van der Waals surface area contributed by atoms with Crippen molar-refractivity contribution in [3.05, 3.63) is 79.4 Å². The van der Waals surface area contributed by atoms with Crippen LogP contribution in [-0.2, 0) is 18.9 Å². The summed E-state index contributed by atoms with van der Waals surface area (Å²) in [4.78, 5) is 30.6. The number of halogens is 9. The normalized spacial score (nSPS) is 14.7. The van der Waals surface area contributed by atoms with Crippen molar-refractivity contribution in [2.75, 3.05) is 13.1 Å². The second-order valence-corrected chi connectivity index (χ2v) is 9.79. The van der Waals surface area contributed by atoms with E-state index in [0.717, 1.165) is 6.07 Å². The van der Waals surface area contributed by atoms with Crippen molar-refractivity contribution in [3.63, 3.8) is 0 Å². The minimum Gasteiger partial charge on any atom is -0.490 e. The summed E-state index contributed by atoms with van der Waals surface area (Å²) in [6.45, 7) is -0.111. The third kappa shape index (κ3) is 7.22. The second kappa shape index (κ2) is 11.8. The van der Waals surface area contributed by atoms with Gasteiger partial charge in [0.05, 0.1) is 21.2 Å². The summed E-state index contributed by atoms with van der Waals surface area (Å²) >= 11 is 11.9. The number of carbonyl (C=O) groups is 1. The van der Waals surface area contributed by atoms with Gasteiger partial charge in [0, 0.05) is 50.2 Å². The molecule has 1 aromatic heterocycles. The fourth-order valence-electron chi connectivity index (χ4n) is 4.15. The molecule has 0 spiro atoms. The Bertz CT molecular complexity index is 1500. The number of piperidine rings is 1. The summed E-state index contributed by atoms with van der Waals surface area (Å²) in [7, 11) is 0. The molecule has 16 heteroatoms. The molecule has 2 heterocycles. The van der Waals surface area contributed by atoms with Crippen LogP contribution in [-0.4, -0.2) is 40.1 Å². The Balaban J connectivity index is 1.48. The van der Waals surface area contributed by atoms with E-state index in [1.807, 2.05) is 0 Å². The van der Waals surface area contributed by atoms with E-state index >= 15 is 4.39 Å². The summed E-state index contributed by atoms with van der Waals surface area (Å²) < 4.78 is 102. The largest absolute Gasteiger partial charge is 0.490 e. The van der Waals surface area contributed by atoms with Crippen LogP contribution in [0.15, 0.2) is 41.2 Å². The van der Waals surface area contributed by atoms with Crippen LogP contribution in [0, 0.1) is 5.82 Å². The number of H-pyrrole nitrogens is 1. The van der Waals surface area contributed by atoms with Crippen LogP contribution in [0.1, 0.15) is 29.7 Å². The molecule has 0 unspecified atom stereocenters. The first-order chi connectivity index (χ1) is 19.1. The number of nitrogens with zero attached hydrogens (tertiary/aromatic N) is 2. The highest BCUT2D eigenvalue weighted by Crippen LogP contribution is 2.39. The van der Waals surface area contributed by atoms with Crippen molar-refractivity contribution in [1.82, 2.24) is 20.2 Å². The van der Waals surface area contributed by atoms with Gasteiger partial charge >= 0.3 is 18.4 Å². The Hall–Kier alpha value is -3.52. The number of likely N-dealkylation sites (tertiary alicyclic amines) is 1. The molecule has 1 aliphatic rings. The lowest BCUT2D eigenvalue weighted by Crippen LogP contribution is -2.46. The molecule has 0 radical (unpaired) electrons. The van der Waals surface area contributed by atoms with E-state index in [-0.39, 0.29) is 25.3 Å². The highest BCUT2D eigenvalue weighted by molar-refractivity contribution is 6.42. The molecular weight excluding hydrogens is 608 g/mol. The van der Waals surface area contributed by atoms with E-state index < -0.39 is 64.5 Å². The van der Waals surface area contributed by atoms with Gasteiger partial charge in [-0.3, -0.25) is 4.79 Å². The number of aromatic amines is 1. The van der Waals surface area contributed by atoms with Gasteiger partial charge in [-0.15, -0.1) is 0 Å². The maximum atomic E-state index is 15.4. The summed E-state index contributed by atoms with van der Waals surface area (Å²) in [5.74, 6) is -2.37. The van der Waals surface area contributed by atoms with E-state index in [4.69, 9.17) is 27.9 Å². The number of benzene rings is 2. The van der Waals surface area contributed by atoms with Gasteiger partial charge in [-0.1, -0.05) is 29.3 Å². The van der Waals surface area contributed by atoms with Crippen LogP contribution >= 0.6 is 23.2 Å². The molecular formula is C25H19Cl2F7N4O3. The molecule has 220 valence electrons. The molecule has 0 saturated carbocycles. The van der Waals surface area contributed by atoms with Gasteiger partial charge in [-0.2, -0.15) is 26.3 Å². The fraction of sp³-hybridized carbons (Fsp3) is 0.320. The van der Waals surface area contributed by atoms with Gasteiger partial charge in [0.2, 0.25) is 0 Å². The monoisotopic (exact) mass is 626 g/mol. The van der Waals surface area contributed by atoms with Gasteiger partial charge in [0.1, 0.15) is 23.5 Å². The molecule has 2 aromatic carbocycles. The molecule has 0 atom stereocenters. The number of carbonyl (C=O) groups excluding carboxylic acids is 1. The molecule has 2 amide bonds. The first-order valence-corrected chi connectivity index (χ1v) is 12.6. The standard InChI is InChI=1S/C25H19Cl2F7N4O3/c26-16-4-2-14(9-17(16)27)41-13-5-7-38(8-6-13)23(40)35-11-12-1-3-15(24(29,30)31)20(21(12)28)22-36-18(25(32,33)34)10-19(39)37-22/h1-4,9-10,13H,5-8,11H2,(H,35,40)(H,36,37,39). The minimum absolute atomic E-state index is 0.0392. The number of urea groups is 1. The Kier molecular flexibility index (Phi) is 8.73. The van der Waals surface area contributed by atoms with E-state index in [2.05, 4.69) is 10.3 Å². The first kappa shape index (κ1) is 30.4. The lowest BCUT2D eigenvalue weighted by molar-refractivity contribution is -0.141. The summed E-state index contributed by atoms with van der Waals surface area (Å²) in [5, 5.41) is 3.07. The highest BCUT2D eigenvalue weighted by Gasteiger charge is 2.38. The van der Waals surface area contributed by atoms with Gasteiger partial charge in [-0.25, -0.2) is 14.2 Å². The van der Waals surface area contributed by atoms with Crippen LogP contribution in [0.2, 0.25) is 10.0 Å². The molecule has 2 N–H and O–H groups in total. The van der Waals surface area contributed by atoms with E-state index in [9.17, 15) is 35.9 Å². The van der Waals surface area contributed by atoms with Crippen molar-refractivity contribution in [1.29, 1.82) is 0 Å². The lowest BCUT2D eigenvalue weighted by atomic mass is 10.0. The van der Waals surface area contributed by atoms with Crippen molar-refractivity contribution in [2.24, 2.45) is 0 Å². The topological polar surface area (TPSA) is 87.3 Å². The Morgan fingerprint density at radius 3 is 2.32 bits per heavy atom. The van der Waals surface area contributed by atoms with Crippen molar-refractivity contribution in [2.45, 2.75) is 37.8 Å². The average Bonchev–Trinajstić information content (AvgIpc) is 2.88. The number of ether oxygens (including phenoxy) is 1. The zero-order valence-electron chi connectivity index (χ0n) is 20.6. The van der Waals surface area contributed by atoms with E-state index in [0.29, 0.717) is 34.7 Å². The van der Waals surface area contributed by atoms with Crippen LogP contribution in [0.3, 0.4) is 0 Å². The number of rotatable bonds is 5. The third-order valence-corrected chi connectivity index (χ3v) is 6.89. The van der Waals surface area contributed by atoms with E-state index in [1.165, 1.54) is 4.90 Å². The molecule has 1 aliphatic heterocycles. The molecule has 41 heavy (non-hydrogen) atoms. The van der Waals surface area contributed by atoms with Gasteiger partial charge in [-0.05, 0) is 18.2 Å². The van der Waals surface area contributed by atoms with Crippen molar-refractivity contribution in [3.8, 4) is 17.1 Å². The Morgan fingerprint density at radius 1 is 1.02 bits per heavy atom. The maximum absolute atomic E-state index is 15.4. The van der Waals surface area contributed by atoms with Crippen LogP contribution < -0.4 is 15.6 Å². The average molecular weight is 627 g/mol. The lowest BCUT2D eigenvalue weighted by Gasteiger charge is -2.32. The van der Waals surface area contributed by atoms with Crippen LogP contribution in [0.5, 0.6) is 5.75 Å². The number of nitrogens with one attached hydrogen (secondary N) is 2. The number of alkyl halides is 6. The fourth-order valence-corrected chi connectivity index (χ4v) is 4.43. The van der Waals surface area contributed by atoms with Crippen molar-refractivity contribution < 1.29 is 40.3 Å². The minimum atomic E-state index is -5.20. The number of amides is 2. The molecule has 7 nitrogen and oxygen atoms in total. The smallest absolute Gasteiger partial charge is 0.433 e. The zero-order chi connectivity index (χ0) is 30.1.